The molecule has 3 aromatic rings. The van der Waals surface area contributed by atoms with Gasteiger partial charge in [-0.1, -0.05) is 20.8 Å². The van der Waals surface area contributed by atoms with Gasteiger partial charge in [-0.25, -0.2) is 0 Å². The molecule has 0 saturated heterocycles. The van der Waals surface area contributed by atoms with Gasteiger partial charge in [0.2, 0.25) is 0 Å². The second-order valence-corrected chi connectivity index (χ2v) is 13.3. The van der Waals surface area contributed by atoms with Crippen molar-refractivity contribution in [3.63, 3.8) is 0 Å². The summed E-state index contributed by atoms with van der Waals surface area (Å²) in [4.78, 5) is 2.67. The molecule has 1 nitrogen and oxygen atoms in total. The fourth-order valence-corrected chi connectivity index (χ4v) is 6.47. The molecule has 3 rings (SSSR count). The van der Waals surface area contributed by atoms with Gasteiger partial charge in [-0.05, 0) is 192 Å². The summed E-state index contributed by atoms with van der Waals surface area (Å²) in [6.45, 7) is 39.5. The highest BCUT2D eigenvalue weighted by Crippen LogP contribution is 2.49. The van der Waals surface area contributed by atoms with Crippen molar-refractivity contribution in [2.45, 2.75) is 124 Å². The number of hydrogen-bond acceptors (Lipinski definition) is 1. The Kier molecular flexibility index (Phi) is 8.07. The van der Waals surface area contributed by atoms with Crippen molar-refractivity contribution < 1.29 is 0 Å². The van der Waals surface area contributed by atoms with Gasteiger partial charge < -0.3 is 4.90 Å². The Morgan fingerprint density at radius 2 is 0.553 bits per heavy atom. The number of benzene rings is 3. The van der Waals surface area contributed by atoms with E-state index in [2.05, 4.69) is 123 Å². The zero-order chi connectivity index (χ0) is 29.2. The fourth-order valence-electron chi connectivity index (χ4n) is 6.47. The summed E-state index contributed by atoms with van der Waals surface area (Å²) in [6.07, 6.45) is 1.09. The zero-order valence-corrected chi connectivity index (χ0v) is 27.7. The van der Waals surface area contributed by atoms with Gasteiger partial charge in [0.1, 0.15) is 0 Å². The van der Waals surface area contributed by atoms with Crippen LogP contribution in [0.15, 0.2) is 0 Å². The first kappa shape index (κ1) is 30.0. The summed E-state index contributed by atoms with van der Waals surface area (Å²) in [7, 11) is 0. The minimum absolute atomic E-state index is 0.242. The van der Waals surface area contributed by atoms with Crippen LogP contribution in [0.1, 0.15) is 104 Å². The third-order valence-corrected chi connectivity index (χ3v) is 10.0. The van der Waals surface area contributed by atoms with E-state index in [1.165, 1.54) is 101 Å². The topological polar surface area (TPSA) is 3.24 Å². The first-order chi connectivity index (χ1) is 17.3. The van der Waals surface area contributed by atoms with E-state index in [4.69, 9.17) is 0 Å². The minimum Gasteiger partial charge on any atom is -0.309 e. The third kappa shape index (κ3) is 4.72. The van der Waals surface area contributed by atoms with Crippen molar-refractivity contribution in [3.8, 4) is 0 Å². The van der Waals surface area contributed by atoms with Gasteiger partial charge in [-0.15, -0.1) is 0 Å². The highest BCUT2D eigenvalue weighted by Gasteiger charge is 2.30. The molecule has 0 aliphatic carbocycles. The quantitative estimate of drug-likeness (QED) is 0.336. The molecule has 0 N–H and O–H groups in total. The lowest BCUT2D eigenvalue weighted by atomic mass is 9.81. The number of rotatable bonds is 4. The lowest BCUT2D eigenvalue weighted by Crippen LogP contribution is -2.22. The first-order valence-electron chi connectivity index (χ1n) is 14.4. The first-order valence-corrected chi connectivity index (χ1v) is 14.4. The van der Waals surface area contributed by atoms with Crippen LogP contribution >= 0.6 is 0 Å². The predicted octanol–water partition coefficient (Wildman–Crippen LogP) is 11.1. The molecule has 0 fully saturated rings. The van der Waals surface area contributed by atoms with Gasteiger partial charge in [0.05, 0.1) is 17.1 Å². The maximum Gasteiger partial charge on any atom is 0.0525 e. The molecule has 1 heteroatoms. The largest absolute Gasteiger partial charge is 0.309 e. The van der Waals surface area contributed by atoms with Gasteiger partial charge in [0, 0.05) is 0 Å². The van der Waals surface area contributed by atoms with E-state index in [-0.39, 0.29) is 5.41 Å². The van der Waals surface area contributed by atoms with E-state index >= 15 is 0 Å². The molecule has 0 spiro atoms. The van der Waals surface area contributed by atoms with E-state index in [0.29, 0.717) is 0 Å². The Labute approximate surface area is 234 Å². The van der Waals surface area contributed by atoms with Crippen LogP contribution in [0.4, 0.5) is 17.1 Å². The van der Waals surface area contributed by atoms with Gasteiger partial charge >= 0.3 is 0 Å². The Hall–Kier alpha value is -2.54. The normalized spacial score (nSPS) is 11.9. The molecule has 0 bridgehead atoms. The standard InChI is InChI=1S/C37H53N/c1-19-21(3)27(9)34(28(10)22(19)4)38(35-29(11)23(5)20(2)24(6)30(35)12)36-31(13)25(7)33(18-37(15,16)17)26(8)32(36)14/h18H2,1-17H3. The number of anilines is 3. The van der Waals surface area contributed by atoms with Crippen LogP contribution in [-0.4, -0.2) is 0 Å². The summed E-state index contributed by atoms with van der Waals surface area (Å²) >= 11 is 0. The molecule has 0 amide bonds. The van der Waals surface area contributed by atoms with Crippen molar-refractivity contribution in [3.05, 3.63) is 83.5 Å². The maximum atomic E-state index is 2.67. The van der Waals surface area contributed by atoms with Crippen molar-refractivity contribution >= 4 is 17.1 Å². The molecule has 206 valence electrons. The molecular formula is C37H53N. The molecule has 0 heterocycles. The molecule has 0 saturated carbocycles. The van der Waals surface area contributed by atoms with Crippen molar-refractivity contribution in [1.29, 1.82) is 0 Å². The van der Waals surface area contributed by atoms with Crippen LogP contribution in [0.5, 0.6) is 0 Å². The molecule has 0 atom stereocenters. The van der Waals surface area contributed by atoms with Crippen LogP contribution < -0.4 is 4.90 Å². The lowest BCUT2D eigenvalue weighted by molar-refractivity contribution is 0.409. The maximum absolute atomic E-state index is 2.67. The number of nitrogens with zero attached hydrogens (tertiary/aromatic N) is 1. The average molecular weight is 512 g/mol. The molecule has 3 aromatic carbocycles. The Balaban J connectivity index is 2.63. The van der Waals surface area contributed by atoms with Gasteiger partial charge in [-0.3, -0.25) is 0 Å². The summed E-state index contributed by atoms with van der Waals surface area (Å²) in [5.41, 5.74) is 25.5. The zero-order valence-electron chi connectivity index (χ0n) is 27.7. The van der Waals surface area contributed by atoms with Gasteiger partial charge in [0.15, 0.2) is 0 Å². The summed E-state index contributed by atoms with van der Waals surface area (Å²) in [6, 6.07) is 0. The smallest absolute Gasteiger partial charge is 0.0525 e. The van der Waals surface area contributed by atoms with Crippen LogP contribution in [0, 0.1) is 102 Å². The summed E-state index contributed by atoms with van der Waals surface area (Å²) < 4.78 is 0. The van der Waals surface area contributed by atoms with Crippen LogP contribution in [0.25, 0.3) is 0 Å². The third-order valence-electron chi connectivity index (χ3n) is 10.0. The van der Waals surface area contributed by atoms with E-state index in [0.717, 1.165) is 6.42 Å². The second kappa shape index (κ2) is 10.2. The molecule has 0 aliphatic heterocycles. The second-order valence-electron chi connectivity index (χ2n) is 13.3. The molecule has 0 aliphatic rings. The van der Waals surface area contributed by atoms with Gasteiger partial charge in [-0.2, -0.15) is 0 Å². The van der Waals surface area contributed by atoms with Crippen molar-refractivity contribution in [1.82, 2.24) is 0 Å². The van der Waals surface area contributed by atoms with Crippen LogP contribution in [-0.2, 0) is 6.42 Å². The SMILES string of the molecule is Cc1c(C)c(C)c(N(c2c(C)c(C)c(C)c(C)c2C)c2c(C)c(C)c(CC(C)(C)C)c(C)c2C)c(C)c1C. The Morgan fingerprint density at radius 1 is 0.342 bits per heavy atom. The summed E-state index contributed by atoms with van der Waals surface area (Å²) in [5.74, 6) is 0. The van der Waals surface area contributed by atoms with Crippen LogP contribution in [0.3, 0.4) is 0 Å². The fraction of sp³-hybridized carbons (Fsp3) is 0.514. The van der Waals surface area contributed by atoms with E-state index in [1.54, 1.807) is 0 Å². The summed E-state index contributed by atoms with van der Waals surface area (Å²) in [5, 5.41) is 0. The highest BCUT2D eigenvalue weighted by atomic mass is 15.2. The van der Waals surface area contributed by atoms with E-state index in [9.17, 15) is 0 Å². The minimum atomic E-state index is 0.242. The van der Waals surface area contributed by atoms with Crippen LogP contribution in [0.2, 0.25) is 0 Å². The van der Waals surface area contributed by atoms with Crippen molar-refractivity contribution in [2.75, 3.05) is 4.90 Å². The molecule has 0 aromatic heterocycles. The molecule has 0 radical (unpaired) electrons. The molecule has 0 unspecified atom stereocenters. The Bertz CT molecular complexity index is 1280. The van der Waals surface area contributed by atoms with E-state index < -0.39 is 0 Å². The highest BCUT2D eigenvalue weighted by molar-refractivity contribution is 5.89. The average Bonchev–Trinajstić information content (AvgIpc) is 2.84. The number of hydrogen-bond donors (Lipinski definition) is 0. The van der Waals surface area contributed by atoms with Gasteiger partial charge in [0.25, 0.3) is 0 Å². The monoisotopic (exact) mass is 511 g/mol. The Morgan fingerprint density at radius 3 is 0.789 bits per heavy atom. The lowest BCUT2D eigenvalue weighted by Gasteiger charge is -2.38. The predicted molar refractivity (Wildman–Crippen MR) is 171 cm³/mol. The molecular weight excluding hydrogens is 458 g/mol. The molecule has 38 heavy (non-hydrogen) atoms. The van der Waals surface area contributed by atoms with Crippen molar-refractivity contribution in [2.24, 2.45) is 5.41 Å². The van der Waals surface area contributed by atoms with E-state index in [1.807, 2.05) is 0 Å².